The van der Waals surface area contributed by atoms with Gasteiger partial charge < -0.3 is 25.3 Å². The molecule has 0 atom stereocenters. The number of hydrogen-bond acceptors (Lipinski definition) is 4. The Labute approximate surface area is 152 Å². The molecule has 1 aliphatic heterocycles. The maximum absolute atomic E-state index is 12.6. The van der Waals surface area contributed by atoms with Gasteiger partial charge in [0, 0.05) is 38.9 Å². The van der Waals surface area contributed by atoms with E-state index in [1.165, 1.54) is 0 Å². The summed E-state index contributed by atoms with van der Waals surface area (Å²) in [5, 5.41) is 0. The van der Waals surface area contributed by atoms with Crippen LogP contribution < -0.4 is 10.5 Å². The molecule has 0 aliphatic carbocycles. The average molecular weight is 356 g/mol. The van der Waals surface area contributed by atoms with E-state index in [9.17, 15) is 9.59 Å². The first kappa shape index (κ1) is 18.0. The molecule has 0 unspecified atom stereocenters. The lowest BCUT2D eigenvalue weighted by Crippen LogP contribution is -2.51. The Morgan fingerprint density at radius 2 is 1.85 bits per heavy atom. The minimum Gasteiger partial charge on any atom is -0.492 e. The van der Waals surface area contributed by atoms with Gasteiger partial charge in [0.15, 0.2) is 0 Å². The van der Waals surface area contributed by atoms with Crippen molar-refractivity contribution >= 4 is 11.8 Å². The number of rotatable bonds is 6. The zero-order valence-electron chi connectivity index (χ0n) is 14.7. The van der Waals surface area contributed by atoms with Crippen molar-refractivity contribution in [3.05, 3.63) is 53.9 Å². The molecule has 3 rings (SSSR count). The number of amides is 2. The minimum atomic E-state index is -0.0214. The molecule has 0 bridgehead atoms. The van der Waals surface area contributed by atoms with Crippen molar-refractivity contribution in [1.29, 1.82) is 0 Å². The number of aromatic amines is 1. The van der Waals surface area contributed by atoms with Crippen molar-refractivity contribution < 1.29 is 14.3 Å². The van der Waals surface area contributed by atoms with Crippen molar-refractivity contribution in [2.45, 2.75) is 6.42 Å². The third-order valence-electron chi connectivity index (χ3n) is 4.39. The van der Waals surface area contributed by atoms with Gasteiger partial charge in [-0.05, 0) is 29.8 Å². The molecule has 0 radical (unpaired) electrons. The van der Waals surface area contributed by atoms with Gasteiger partial charge in [-0.25, -0.2) is 0 Å². The molecule has 1 aromatic carbocycles. The number of aromatic nitrogens is 1. The van der Waals surface area contributed by atoms with Crippen LogP contribution in [-0.4, -0.2) is 65.9 Å². The number of nitrogens with zero attached hydrogens (tertiary/aromatic N) is 2. The summed E-state index contributed by atoms with van der Waals surface area (Å²) in [5.74, 6) is 0.766. The molecular formula is C19H24N4O3. The van der Waals surface area contributed by atoms with E-state index in [2.05, 4.69) is 4.98 Å². The van der Waals surface area contributed by atoms with Crippen LogP contribution >= 0.6 is 0 Å². The standard InChI is InChI=1S/C19H24N4O3/c20-6-12-26-16-4-1-3-15(13-16)14-18(24)22-8-10-23(11-9-22)19(25)17-5-2-7-21-17/h1-5,7,13,21H,6,8-12,14,20H2. The first-order chi connectivity index (χ1) is 12.7. The molecule has 1 aromatic heterocycles. The highest BCUT2D eigenvalue weighted by Crippen LogP contribution is 2.15. The van der Waals surface area contributed by atoms with Gasteiger partial charge >= 0.3 is 0 Å². The second kappa shape index (κ2) is 8.53. The van der Waals surface area contributed by atoms with Gasteiger partial charge in [-0.1, -0.05) is 12.1 Å². The summed E-state index contributed by atoms with van der Waals surface area (Å²) in [6.07, 6.45) is 2.06. The van der Waals surface area contributed by atoms with Gasteiger partial charge in [0.05, 0.1) is 6.42 Å². The summed E-state index contributed by atoms with van der Waals surface area (Å²) >= 11 is 0. The van der Waals surface area contributed by atoms with Gasteiger partial charge in [-0.15, -0.1) is 0 Å². The fraction of sp³-hybridized carbons (Fsp3) is 0.368. The molecule has 0 spiro atoms. The molecule has 2 aromatic rings. The molecule has 7 nitrogen and oxygen atoms in total. The Hall–Kier alpha value is -2.80. The smallest absolute Gasteiger partial charge is 0.270 e. The molecule has 1 fully saturated rings. The van der Waals surface area contributed by atoms with Crippen molar-refractivity contribution in [2.75, 3.05) is 39.3 Å². The summed E-state index contributed by atoms with van der Waals surface area (Å²) < 4.78 is 5.50. The van der Waals surface area contributed by atoms with Crippen LogP contribution in [0.1, 0.15) is 16.1 Å². The van der Waals surface area contributed by atoms with Crippen LogP contribution in [0.4, 0.5) is 0 Å². The van der Waals surface area contributed by atoms with Gasteiger partial charge in [0.1, 0.15) is 18.1 Å². The number of piperazine rings is 1. The largest absolute Gasteiger partial charge is 0.492 e. The van der Waals surface area contributed by atoms with E-state index in [1.54, 1.807) is 23.2 Å². The minimum absolute atomic E-state index is 0.0214. The molecule has 3 N–H and O–H groups in total. The van der Waals surface area contributed by atoms with Crippen molar-refractivity contribution in [3.8, 4) is 5.75 Å². The van der Waals surface area contributed by atoms with E-state index in [0.29, 0.717) is 51.4 Å². The lowest BCUT2D eigenvalue weighted by atomic mass is 10.1. The highest BCUT2D eigenvalue weighted by Gasteiger charge is 2.25. The van der Waals surface area contributed by atoms with Crippen molar-refractivity contribution in [2.24, 2.45) is 5.73 Å². The summed E-state index contributed by atoms with van der Waals surface area (Å²) in [7, 11) is 0. The van der Waals surface area contributed by atoms with Gasteiger partial charge in [0.25, 0.3) is 5.91 Å². The lowest BCUT2D eigenvalue weighted by Gasteiger charge is -2.34. The molecule has 2 heterocycles. The Bertz CT molecular complexity index is 737. The molecule has 1 aliphatic rings. The number of H-pyrrole nitrogens is 1. The number of ether oxygens (including phenoxy) is 1. The third kappa shape index (κ3) is 4.43. The van der Waals surface area contributed by atoms with E-state index in [1.807, 2.05) is 29.2 Å². The predicted molar refractivity (Wildman–Crippen MR) is 98.0 cm³/mol. The van der Waals surface area contributed by atoms with Gasteiger partial charge in [-0.2, -0.15) is 0 Å². The van der Waals surface area contributed by atoms with Crippen LogP contribution in [0.5, 0.6) is 5.75 Å². The lowest BCUT2D eigenvalue weighted by molar-refractivity contribution is -0.131. The summed E-state index contributed by atoms with van der Waals surface area (Å²) in [5.41, 5.74) is 6.93. The molecule has 2 amide bonds. The van der Waals surface area contributed by atoms with Gasteiger partial charge in [0.2, 0.25) is 5.91 Å². The number of hydrogen-bond donors (Lipinski definition) is 2. The van der Waals surface area contributed by atoms with E-state index < -0.39 is 0 Å². The van der Waals surface area contributed by atoms with Crippen LogP contribution in [0.3, 0.4) is 0 Å². The SMILES string of the molecule is NCCOc1cccc(CC(=O)N2CCN(C(=O)c3ccc[nH]3)CC2)c1. The van der Waals surface area contributed by atoms with E-state index in [-0.39, 0.29) is 11.8 Å². The molecular weight excluding hydrogens is 332 g/mol. The molecule has 138 valence electrons. The van der Waals surface area contributed by atoms with Crippen LogP contribution in [0.2, 0.25) is 0 Å². The fourth-order valence-electron chi connectivity index (χ4n) is 3.00. The summed E-state index contributed by atoms with van der Waals surface area (Å²) in [4.78, 5) is 31.4. The highest BCUT2D eigenvalue weighted by atomic mass is 16.5. The van der Waals surface area contributed by atoms with Crippen LogP contribution in [0, 0.1) is 0 Å². The monoisotopic (exact) mass is 356 g/mol. The van der Waals surface area contributed by atoms with Crippen LogP contribution in [0.25, 0.3) is 0 Å². The van der Waals surface area contributed by atoms with Crippen LogP contribution in [0.15, 0.2) is 42.6 Å². The Kier molecular flexibility index (Phi) is 5.91. The van der Waals surface area contributed by atoms with E-state index in [0.717, 1.165) is 11.3 Å². The number of carbonyl (C=O) groups is 2. The van der Waals surface area contributed by atoms with Crippen molar-refractivity contribution in [1.82, 2.24) is 14.8 Å². The average Bonchev–Trinajstić information content (AvgIpc) is 3.21. The number of carbonyl (C=O) groups excluding carboxylic acids is 2. The predicted octanol–water partition coefficient (Wildman–Crippen LogP) is 0.879. The third-order valence-corrected chi connectivity index (χ3v) is 4.39. The number of nitrogens with one attached hydrogen (secondary N) is 1. The molecule has 0 saturated carbocycles. The van der Waals surface area contributed by atoms with E-state index >= 15 is 0 Å². The summed E-state index contributed by atoms with van der Waals surface area (Å²) in [6, 6.07) is 11.1. The molecule has 1 saturated heterocycles. The Morgan fingerprint density at radius 1 is 1.08 bits per heavy atom. The summed E-state index contributed by atoms with van der Waals surface area (Å²) in [6.45, 7) is 3.10. The number of benzene rings is 1. The van der Waals surface area contributed by atoms with E-state index in [4.69, 9.17) is 10.5 Å². The Morgan fingerprint density at radius 3 is 2.54 bits per heavy atom. The fourth-order valence-corrected chi connectivity index (χ4v) is 3.00. The second-order valence-corrected chi connectivity index (χ2v) is 6.22. The molecule has 7 heteroatoms. The zero-order valence-corrected chi connectivity index (χ0v) is 14.7. The Balaban J connectivity index is 1.51. The quantitative estimate of drug-likeness (QED) is 0.804. The second-order valence-electron chi connectivity index (χ2n) is 6.22. The normalized spacial score (nSPS) is 14.3. The van der Waals surface area contributed by atoms with Crippen molar-refractivity contribution in [3.63, 3.8) is 0 Å². The van der Waals surface area contributed by atoms with Crippen LogP contribution in [-0.2, 0) is 11.2 Å². The maximum atomic E-state index is 12.6. The maximum Gasteiger partial charge on any atom is 0.270 e. The number of nitrogens with two attached hydrogens (primary N) is 1. The molecule has 26 heavy (non-hydrogen) atoms. The zero-order chi connectivity index (χ0) is 18.4. The first-order valence-corrected chi connectivity index (χ1v) is 8.79. The first-order valence-electron chi connectivity index (χ1n) is 8.79. The van der Waals surface area contributed by atoms with Gasteiger partial charge in [-0.3, -0.25) is 9.59 Å². The highest BCUT2D eigenvalue weighted by molar-refractivity contribution is 5.92. The topological polar surface area (TPSA) is 91.7 Å².